The Balaban J connectivity index is 0.00000242. The fourth-order valence-corrected chi connectivity index (χ4v) is 2.72. The molecule has 1 aliphatic rings. The summed E-state index contributed by atoms with van der Waals surface area (Å²) in [6, 6.07) is 8.21. The van der Waals surface area contributed by atoms with Crippen molar-refractivity contribution in [1.82, 2.24) is 10.2 Å². The molecule has 124 valence electrons. The summed E-state index contributed by atoms with van der Waals surface area (Å²) < 4.78 is 5.54. The number of hydrogen-bond donors (Lipinski definition) is 1. The molecule has 0 aromatic heterocycles. The number of nitrogens with zero attached hydrogens (tertiary/aromatic N) is 2. The molecular formula is C17H28IN3O. The van der Waals surface area contributed by atoms with Gasteiger partial charge in [0.1, 0.15) is 5.75 Å². The summed E-state index contributed by atoms with van der Waals surface area (Å²) in [6.45, 7) is 10.2. The Morgan fingerprint density at radius 3 is 2.77 bits per heavy atom. The van der Waals surface area contributed by atoms with E-state index in [1.807, 2.05) is 26.1 Å². The van der Waals surface area contributed by atoms with Gasteiger partial charge in [0.25, 0.3) is 0 Å². The average Bonchev–Trinajstić information content (AvgIpc) is 2.81. The lowest BCUT2D eigenvalue weighted by molar-refractivity contribution is 0.340. The molecule has 1 saturated heterocycles. The minimum absolute atomic E-state index is 0. The second-order valence-electron chi connectivity index (χ2n) is 6.32. The number of halogens is 1. The molecule has 0 aliphatic carbocycles. The van der Waals surface area contributed by atoms with Crippen LogP contribution in [0.2, 0.25) is 0 Å². The predicted octanol–water partition coefficient (Wildman–Crippen LogP) is 3.51. The van der Waals surface area contributed by atoms with Gasteiger partial charge in [-0.3, -0.25) is 4.99 Å². The number of nitrogens with one attached hydrogen (secondary N) is 1. The lowest BCUT2D eigenvalue weighted by Crippen LogP contribution is -2.40. The molecule has 0 spiro atoms. The second-order valence-corrected chi connectivity index (χ2v) is 6.32. The number of benzene rings is 1. The first-order chi connectivity index (χ1) is 10.0. The molecule has 1 heterocycles. The fourth-order valence-electron chi connectivity index (χ4n) is 2.72. The molecule has 5 heteroatoms. The van der Waals surface area contributed by atoms with Crippen molar-refractivity contribution in [3.05, 3.63) is 29.8 Å². The maximum Gasteiger partial charge on any atom is 0.193 e. The van der Waals surface area contributed by atoms with Crippen molar-refractivity contribution in [1.29, 1.82) is 0 Å². The molecule has 2 rings (SSSR count). The van der Waals surface area contributed by atoms with Gasteiger partial charge in [-0.15, -0.1) is 24.0 Å². The Kier molecular flexibility index (Phi) is 7.45. The van der Waals surface area contributed by atoms with Crippen molar-refractivity contribution in [3.63, 3.8) is 0 Å². The monoisotopic (exact) mass is 417 g/mol. The van der Waals surface area contributed by atoms with Crippen molar-refractivity contribution >= 4 is 29.9 Å². The number of guanidine groups is 1. The summed E-state index contributed by atoms with van der Waals surface area (Å²) in [7, 11) is 1.85. The molecule has 1 fully saturated rings. The van der Waals surface area contributed by atoms with Gasteiger partial charge >= 0.3 is 0 Å². The van der Waals surface area contributed by atoms with Crippen molar-refractivity contribution in [2.24, 2.45) is 10.4 Å². The number of likely N-dealkylation sites (tertiary alicyclic amines) is 1. The predicted molar refractivity (Wildman–Crippen MR) is 103 cm³/mol. The lowest BCUT2D eigenvalue weighted by atomic mass is 9.93. The van der Waals surface area contributed by atoms with E-state index in [2.05, 4.69) is 41.2 Å². The average molecular weight is 417 g/mol. The smallest absolute Gasteiger partial charge is 0.193 e. The summed E-state index contributed by atoms with van der Waals surface area (Å²) in [4.78, 5) is 6.75. The molecule has 1 aromatic rings. The highest BCUT2D eigenvalue weighted by atomic mass is 127. The first-order valence-electron chi connectivity index (χ1n) is 7.71. The van der Waals surface area contributed by atoms with Gasteiger partial charge in [0.15, 0.2) is 5.96 Å². The van der Waals surface area contributed by atoms with Crippen LogP contribution in [0.25, 0.3) is 0 Å². The van der Waals surface area contributed by atoms with Gasteiger partial charge in [-0.05, 0) is 36.5 Å². The van der Waals surface area contributed by atoms with Crippen molar-refractivity contribution in [2.45, 2.75) is 33.7 Å². The van der Waals surface area contributed by atoms with E-state index >= 15 is 0 Å². The van der Waals surface area contributed by atoms with Crippen molar-refractivity contribution < 1.29 is 4.74 Å². The molecule has 1 aliphatic heterocycles. The minimum Gasteiger partial charge on any atom is -0.494 e. The van der Waals surface area contributed by atoms with Gasteiger partial charge in [-0.2, -0.15) is 0 Å². The highest BCUT2D eigenvalue weighted by Crippen LogP contribution is 2.28. The minimum atomic E-state index is 0. The summed E-state index contributed by atoms with van der Waals surface area (Å²) in [6.07, 6.45) is 1.22. The third kappa shape index (κ3) is 5.34. The Bertz CT molecular complexity index is 502. The van der Waals surface area contributed by atoms with Crippen LogP contribution in [0.15, 0.2) is 29.3 Å². The van der Waals surface area contributed by atoms with E-state index in [-0.39, 0.29) is 24.0 Å². The third-order valence-corrected chi connectivity index (χ3v) is 3.85. The highest BCUT2D eigenvalue weighted by molar-refractivity contribution is 14.0. The third-order valence-electron chi connectivity index (χ3n) is 3.85. The molecule has 0 saturated carbocycles. The van der Waals surface area contributed by atoms with Crippen LogP contribution in [0.5, 0.6) is 5.75 Å². The van der Waals surface area contributed by atoms with Gasteiger partial charge in [-0.25, -0.2) is 0 Å². The van der Waals surface area contributed by atoms with Crippen LogP contribution in [0, 0.1) is 5.41 Å². The second kappa shape index (κ2) is 8.60. The molecule has 22 heavy (non-hydrogen) atoms. The van der Waals surface area contributed by atoms with Crippen LogP contribution < -0.4 is 10.1 Å². The van der Waals surface area contributed by atoms with Crippen LogP contribution in [0.1, 0.15) is 32.8 Å². The molecular weight excluding hydrogens is 389 g/mol. The summed E-state index contributed by atoms with van der Waals surface area (Å²) in [5.74, 6) is 1.91. The normalized spacial score (nSPS) is 17.1. The van der Waals surface area contributed by atoms with Crippen LogP contribution >= 0.6 is 24.0 Å². The highest BCUT2D eigenvalue weighted by Gasteiger charge is 2.30. The van der Waals surface area contributed by atoms with Crippen molar-refractivity contribution in [3.8, 4) is 5.75 Å². The molecule has 1 N–H and O–H groups in total. The first-order valence-corrected chi connectivity index (χ1v) is 7.71. The molecule has 4 nitrogen and oxygen atoms in total. The van der Waals surface area contributed by atoms with E-state index in [9.17, 15) is 0 Å². The maximum atomic E-state index is 5.54. The zero-order valence-electron chi connectivity index (χ0n) is 14.1. The van der Waals surface area contributed by atoms with Gasteiger partial charge < -0.3 is 15.0 Å². The van der Waals surface area contributed by atoms with Gasteiger partial charge in [0.2, 0.25) is 0 Å². The molecule has 0 radical (unpaired) electrons. The van der Waals surface area contributed by atoms with E-state index in [0.29, 0.717) is 12.0 Å². The molecule has 0 unspecified atom stereocenters. The summed E-state index contributed by atoms with van der Waals surface area (Å²) in [5.41, 5.74) is 1.59. The SMILES string of the molecule is CCOc1cccc(CNC(=NC)N2CCC(C)(C)C2)c1.I. The number of aliphatic imine (C=N–C) groups is 1. The molecule has 0 bridgehead atoms. The zero-order chi connectivity index (χ0) is 15.3. The van der Waals surface area contributed by atoms with E-state index in [1.165, 1.54) is 12.0 Å². The van der Waals surface area contributed by atoms with Crippen LogP contribution in [0.4, 0.5) is 0 Å². The Morgan fingerprint density at radius 1 is 1.41 bits per heavy atom. The Hall–Kier alpha value is -0.980. The summed E-state index contributed by atoms with van der Waals surface area (Å²) >= 11 is 0. The van der Waals surface area contributed by atoms with Gasteiger partial charge in [-0.1, -0.05) is 26.0 Å². The Labute approximate surface area is 151 Å². The Morgan fingerprint density at radius 2 is 2.18 bits per heavy atom. The van der Waals surface area contributed by atoms with E-state index in [0.717, 1.165) is 31.3 Å². The van der Waals surface area contributed by atoms with Crippen molar-refractivity contribution in [2.75, 3.05) is 26.7 Å². The first kappa shape index (κ1) is 19.1. The van der Waals surface area contributed by atoms with Crippen LogP contribution in [-0.4, -0.2) is 37.6 Å². The standard InChI is InChI=1S/C17H27N3O.HI/c1-5-21-15-8-6-7-14(11-15)12-19-16(18-4)20-10-9-17(2,3)13-20;/h6-8,11H,5,9-10,12-13H2,1-4H3,(H,18,19);1H. The number of hydrogen-bond acceptors (Lipinski definition) is 2. The van der Waals surface area contributed by atoms with Gasteiger partial charge in [0.05, 0.1) is 6.61 Å². The fraction of sp³-hybridized carbons (Fsp3) is 0.588. The van der Waals surface area contributed by atoms with E-state index < -0.39 is 0 Å². The molecule has 1 aromatic carbocycles. The lowest BCUT2D eigenvalue weighted by Gasteiger charge is -2.23. The van der Waals surface area contributed by atoms with Crippen LogP contribution in [-0.2, 0) is 6.54 Å². The maximum absolute atomic E-state index is 5.54. The largest absolute Gasteiger partial charge is 0.494 e. The molecule has 0 amide bonds. The topological polar surface area (TPSA) is 36.9 Å². The number of ether oxygens (including phenoxy) is 1. The van der Waals surface area contributed by atoms with E-state index in [1.54, 1.807) is 0 Å². The van der Waals surface area contributed by atoms with Crippen LogP contribution in [0.3, 0.4) is 0 Å². The van der Waals surface area contributed by atoms with Gasteiger partial charge in [0, 0.05) is 26.7 Å². The quantitative estimate of drug-likeness (QED) is 0.463. The summed E-state index contributed by atoms with van der Waals surface area (Å²) in [5, 5.41) is 3.46. The van der Waals surface area contributed by atoms with E-state index in [4.69, 9.17) is 4.74 Å². The molecule has 0 atom stereocenters. The number of rotatable bonds is 4. The zero-order valence-corrected chi connectivity index (χ0v) is 16.4.